The van der Waals surface area contributed by atoms with Gasteiger partial charge in [0.2, 0.25) is 0 Å². The van der Waals surface area contributed by atoms with Gasteiger partial charge in [-0.15, -0.1) is 11.8 Å². The van der Waals surface area contributed by atoms with Crippen molar-refractivity contribution in [1.29, 1.82) is 0 Å². The summed E-state index contributed by atoms with van der Waals surface area (Å²) >= 11 is 2.00. The van der Waals surface area contributed by atoms with Crippen LogP contribution in [0.25, 0.3) is 0 Å². The van der Waals surface area contributed by atoms with Crippen molar-refractivity contribution < 1.29 is 0 Å². The van der Waals surface area contributed by atoms with Gasteiger partial charge < -0.3 is 4.90 Å². The summed E-state index contributed by atoms with van der Waals surface area (Å²) in [6, 6.07) is 6.87. The van der Waals surface area contributed by atoms with Crippen molar-refractivity contribution in [2.75, 3.05) is 24.2 Å². The predicted octanol–water partition coefficient (Wildman–Crippen LogP) is 3.18. The highest BCUT2D eigenvalue weighted by Gasteiger charge is 2.10. The van der Waals surface area contributed by atoms with E-state index in [0.29, 0.717) is 0 Å². The number of anilines is 1. The Bertz CT molecular complexity index is 322. The topological polar surface area (TPSA) is 3.24 Å². The fourth-order valence-corrected chi connectivity index (χ4v) is 2.79. The number of rotatable bonds is 2. The van der Waals surface area contributed by atoms with Crippen LogP contribution in [0.15, 0.2) is 23.1 Å². The first kappa shape index (κ1) is 9.91. The molecule has 76 valence electrons. The van der Waals surface area contributed by atoms with E-state index in [2.05, 4.69) is 37.1 Å². The fourth-order valence-electron chi connectivity index (χ4n) is 1.77. The molecule has 0 fully saturated rings. The largest absolute Gasteiger partial charge is 0.375 e. The lowest BCUT2D eigenvalue weighted by Crippen LogP contribution is -2.16. The molecule has 0 radical (unpaired) electrons. The van der Waals surface area contributed by atoms with Crippen molar-refractivity contribution in [3.05, 3.63) is 23.8 Å². The summed E-state index contributed by atoms with van der Waals surface area (Å²) in [6.45, 7) is 3.26. The summed E-state index contributed by atoms with van der Waals surface area (Å²) in [5.74, 6) is 1.29. The Balaban J connectivity index is 2.29. The molecule has 2 heteroatoms. The van der Waals surface area contributed by atoms with Crippen LogP contribution in [0.4, 0.5) is 5.69 Å². The minimum atomic E-state index is 1.08. The first-order chi connectivity index (χ1) is 6.81. The molecule has 0 aromatic heterocycles. The van der Waals surface area contributed by atoms with Crippen molar-refractivity contribution >= 4 is 17.4 Å². The number of nitrogens with zero attached hydrogens (tertiary/aromatic N) is 1. The van der Waals surface area contributed by atoms with Gasteiger partial charge in [-0.2, -0.15) is 0 Å². The molecule has 1 aromatic carbocycles. The van der Waals surface area contributed by atoms with Crippen LogP contribution in [0.3, 0.4) is 0 Å². The second kappa shape index (κ2) is 4.26. The summed E-state index contributed by atoms with van der Waals surface area (Å²) < 4.78 is 0. The number of hydrogen-bond donors (Lipinski definition) is 0. The van der Waals surface area contributed by atoms with Gasteiger partial charge in [-0.25, -0.2) is 0 Å². The molecule has 0 N–H and O–H groups in total. The second-order valence-electron chi connectivity index (χ2n) is 3.76. The molecule has 0 atom stereocenters. The molecule has 14 heavy (non-hydrogen) atoms. The van der Waals surface area contributed by atoms with E-state index in [1.807, 2.05) is 11.8 Å². The SMILES string of the molecule is CCN(C)c1ccc2c(c1)CCCS2. The van der Waals surface area contributed by atoms with Crippen molar-refractivity contribution in [2.45, 2.75) is 24.7 Å². The Kier molecular flexibility index (Phi) is 3.02. The van der Waals surface area contributed by atoms with Gasteiger partial charge in [0.25, 0.3) is 0 Å². The molecule has 0 saturated heterocycles. The number of thioether (sulfide) groups is 1. The number of benzene rings is 1. The maximum Gasteiger partial charge on any atom is 0.0367 e. The van der Waals surface area contributed by atoms with Crippen LogP contribution in [0.2, 0.25) is 0 Å². The predicted molar refractivity (Wildman–Crippen MR) is 64.4 cm³/mol. The molecule has 0 bridgehead atoms. The first-order valence-electron chi connectivity index (χ1n) is 5.28. The van der Waals surface area contributed by atoms with Crippen molar-refractivity contribution in [1.82, 2.24) is 0 Å². The third-order valence-electron chi connectivity index (χ3n) is 2.81. The average Bonchev–Trinajstić information content (AvgIpc) is 2.27. The minimum absolute atomic E-state index is 1.08. The van der Waals surface area contributed by atoms with Crippen molar-refractivity contribution in [3.8, 4) is 0 Å². The Morgan fingerprint density at radius 2 is 2.29 bits per heavy atom. The standard InChI is InChI=1S/C12H17NS/c1-3-13(2)11-6-7-12-10(9-11)5-4-8-14-12/h6-7,9H,3-5,8H2,1-2H3. The highest BCUT2D eigenvalue weighted by atomic mass is 32.2. The summed E-state index contributed by atoms with van der Waals surface area (Å²) in [6.07, 6.45) is 2.59. The highest BCUT2D eigenvalue weighted by molar-refractivity contribution is 7.99. The van der Waals surface area contributed by atoms with Gasteiger partial charge in [-0.05, 0) is 49.3 Å². The maximum atomic E-state index is 2.35. The van der Waals surface area contributed by atoms with E-state index in [0.717, 1.165) is 6.54 Å². The fraction of sp³-hybridized carbons (Fsp3) is 0.500. The van der Waals surface area contributed by atoms with Gasteiger partial charge in [-0.3, -0.25) is 0 Å². The summed E-state index contributed by atoms with van der Waals surface area (Å²) in [4.78, 5) is 3.78. The summed E-state index contributed by atoms with van der Waals surface area (Å²) in [7, 11) is 2.15. The zero-order valence-electron chi connectivity index (χ0n) is 8.92. The van der Waals surface area contributed by atoms with E-state index in [1.165, 1.54) is 29.2 Å². The smallest absolute Gasteiger partial charge is 0.0367 e. The molecule has 1 aliphatic heterocycles. The van der Waals surface area contributed by atoms with Gasteiger partial charge in [-0.1, -0.05) is 0 Å². The molecule has 0 saturated carbocycles. The number of fused-ring (bicyclic) bond motifs is 1. The van der Waals surface area contributed by atoms with Crippen LogP contribution < -0.4 is 4.90 Å². The van der Waals surface area contributed by atoms with E-state index in [9.17, 15) is 0 Å². The van der Waals surface area contributed by atoms with Crippen LogP contribution in [-0.2, 0) is 6.42 Å². The van der Waals surface area contributed by atoms with E-state index in [4.69, 9.17) is 0 Å². The Labute approximate surface area is 90.5 Å². The van der Waals surface area contributed by atoms with E-state index in [1.54, 1.807) is 5.56 Å². The third-order valence-corrected chi connectivity index (χ3v) is 4.01. The van der Waals surface area contributed by atoms with Crippen molar-refractivity contribution in [3.63, 3.8) is 0 Å². The van der Waals surface area contributed by atoms with E-state index < -0.39 is 0 Å². The first-order valence-corrected chi connectivity index (χ1v) is 6.26. The summed E-state index contributed by atoms with van der Waals surface area (Å²) in [5.41, 5.74) is 2.90. The molecule has 1 heterocycles. The molecule has 0 spiro atoms. The van der Waals surface area contributed by atoms with E-state index in [-0.39, 0.29) is 0 Å². The molecule has 0 aliphatic carbocycles. The Morgan fingerprint density at radius 1 is 1.43 bits per heavy atom. The van der Waals surface area contributed by atoms with Gasteiger partial charge in [0.15, 0.2) is 0 Å². The molecule has 2 rings (SSSR count). The number of aryl methyl sites for hydroxylation is 1. The van der Waals surface area contributed by atoms with Crippen LogP contribution in [-0.4, -0.2) is 19.3 Å². The minimum Gasteiger partial charge on any atom is -0.375 e. The lowest BCUT2D eigenvalue weighted by Gasteiger charge is -2.21. The maximum absolute atomic E-state index is 2.35. The molecular formula is C12H17NS. The zero-order chi connectivity index (χ0) is 9.97. The molecule has 1 aromatic rings. The van der Waals surface area contributed by atoms with Gasteiger partial charge in [0.1, 0.15) is 0 Å². The molecule has 1 aliphatic rings. The van der Waals surface area contributed by atoms with Crippen LogP contribution >= 0.6 is 11.8 Å². The Morgan fingerprint density at radius 3 is 3.07 bits per heavy atom. The van der Waals surface area contributed by atoms with Gasteiger partial charge >= 0.3 is 0 Å². The summed E-state index contributed by atoms with van der Waals surface area (Å²) in [5, 5.41) is 0. The average molecular weight is 207 g/mol. The molecular weight excluding hydrogens is 190 g/mol. The second-order valence-corrected chi connectivity index (χ2v) is 4.89. The third kappa shape index (κ3) is 1.90. The quantitative estimate of drug-likeness (QED) is 0.732. The van der Waals surface area contributed by atoms with E-state index >= 15 is 0 Å². The number of hydrogen-bond acceptors (Lipinski definition) is 2. The highest BCUT2D eigenvalue weighted by Crippen LogP contribution is 2.32. The van der Waals surface area contributed by atoms with Crippen LogP contribution in [0, 0.1) is 0 Å². The van der Waals surface area contributed by atoms with Gasteiger partial charge in [0, 0.05) is 24.2 Å². The van der Waals surface area contributed by atoms with Gasteiger partial charge in [0.05, 0.1) is 0 Å². The molecule has 0 amide bonds. The monoisotopic (exact) mass is 207 g/mol. The lowest BCUT2D eigenvalue weighted by molar-refractivity contribution is 0.883. The molecule has 0 unspecified atom stereocenters. The zero-order valence-corrected chi connectivity index (χ0v) is 9.73. The van der Waals surface area contributed by atoms with Crippen molar-refractivity contribution in [2.24, 2.45) is 0 Å². The van der Waals surface area contributed by atoms with Crippen LogP contribution in [0.1, 0.15) is 18.9 Å². The molecule has 1 nitrogen and oxygen atoms in total. The normalized spacial score (nSPS) is 15.0. The lowest BCUT2D eigenvalue weighted by atomic mass is 10.1. The Hall–Kier alpha value is -0.630. The van der Waals surface area contributed by atoms with Crippen LogP contribution in [0.5, 0.6) is 0 Å².